The first-order chi connectivity index (χ1) is 24.2. The van der Waals surface area contributed by atoms with Crippen LogP contribution in [0.15, 0.2) is 164 Å². The van der Waals surface area contributed by atoms with E-state index < -0.39 is 0 Å². The van der Waals surface area contributed by atoms with Gasteiger partial charge >= 0.3 is 0 Å². The summed E-state index contributed by atoms with van der Waals surface area (Å²) >= 11 is 0. The van der Waals surface area contributed by atoms with Crippen LogP contribution < -0.4 is 9.80 Å². The van der Waals surface area contributed by atoms with Crippen LogP contribution in [0.25, 0.3) is 38.1 Å². The maximum absolute atomic E-state index is 9.77. The minimum atomic E-state index is 0.614. The van der Waals surface area contributed by atoms with E-state index in [2.05, 4.69) is 123 Å². The molecule has 0 N–H and O–H groups in total. The van der Waals surface area contributed by atoms with Crippen molar-refractivity contribution in [3.63, 3.8) is 0 Å². The maximum atomic E-state index is 9.77. The van der Waals surface area contributed by atoms with Crippen molar-refractivity contribution >= 4 is 72.2 Å². The lowest BCUT2D eigenvalue weighted by Gasteiger charge is -2.27. The molecule has 0 aliphatic heterocycles. The molecule has 0 unspecified atom stereocenters. The highest BCUT2D eigenvalue weighted by Crippen LogP contribution is 2.49. The summed E-state index contributed by atoms with van der Waals surface area (Å²) in [6.45, 7) is 0. The fraction of sp³-hybridized carbons (Fsp3) is 0. The molecule has 2 heterocycles. The molecule has 0 bridgehead atoms. The molecule has 9 rings (SSSR count). The summed E-state index contributed by atoms with van der Waals surface area (Å²) in [5, 5.41) is 23.9. The first-order valence-corrected chi connectivity index (χ1v) is 16.2. The molecule has 49 heavy (non-hydrogen) atoms. The van der Waals surface area contributed by atoms with E-state index >= 15 is 0 Å². The lowest BCUT2D eigenvalue weighted by atomic mass is 10.0. The van der Waals surface area contributed by atoms with Gasteiger partial charge < -0.3 is 14.2 Å². The van der Waals surface area contributed by atoms with Crippen LogP contribution in [0.3, 0.4) is 0 Å². The van der Waals surface area contributed by atoms with E-state index in [1.807, 2.05) is 66.7 Å². The number of hydrogen-bond acceptors (Lipinski definition) is 4. The molecule has 0 aliphatic carbocycles. The Kier molecular flexibility index (Phi) is 6.50. The summed E-state index contributed by atoms with van der Waals surface area (Å²) in [4.78, 5) is 4.53. The van der Waals surface area contributed by atoms with Crippen LogP contribution in [-0.4, -0.2) is 4.40 Å². The largest absolute Gasteiger partial charge is 0.310 e. The lowest BCUT2D eigenvalue weighted by molar-refractivity contribution is 1.29. The van der Waals surface area contributed by atoms with Gasteiger partial charge in [0.1, 0.15) is 0 Å². The maximum Gasteiger partial charge on any atom is 0.0992 e. The van der Waals surface area contributed by atoms with E-state index in [0.29, 0.717) is 11.1 Å². The van der Waals surface area contributed by atoms with Crippen molar-refractivity contribution in [3.05, 3.63) is 175 Å². The number of fused-ring (bicyclic) bond motifs is 6. The fourth-order valence-electron chi connectivity index (χ4n) is 7.32. The van der Waals surface area contributed by atoms with Gasteiger partial charge in [0.05, 0.1) is 51.2 Å². The smallest absolute Gasteiger partial charge is 0.0992 e. The van der Waals surface area contributed by atoms with E-state index in [1.54, 1.807) is 0 Å². The van der Waals surface area contributed by atoms with Crippen LogP contribution in [0.1, 0.15) is 11.1 Å². The third-order valence-corrected chi connectivity index (χ3v) is 9.32. The van der Waals surface area contributed by atoms with Crippen LogP contribution >= 0.6 is 0 Å². The third kappa shape index (κ3) is 4.38. The van der Waals surface area contributed by atoms with Crippen LogP contribution in [0.4, 0.5) is 34.1 Å². The van der Waals surface area contributed by atoms with Gasteiger partial charge in [-0.25, -0.2) is 0 Å². The SMILES string of the molecule is N#Cc1ccc(N(c2ccccc2)c2cccc3c2c2cccc4c5c(N(c6ccccc6)c6cccc(C#N)c6)cccc5n3c24)cc1. The molecule has 0 aliphatic rings. The molecule has 0 fully saturated rings. The molecule has 0 radical (unpaired) electrons. The molecular formula is C44H27N5. The van der Waals surface area contributed by atoms with Crippen LogP contribution in [0.5, 0.6) is 0 Å². The second-order valence-corrected chi connectivity index (χ2v) is 12.0. The number of anilines is 6. The first kappa shape index (κ1) is 28.2. The Morgan fingerprint density at radius 3 is 1.43 bits per heavy atom. The molecule has 0 atom stereocenters. The number of nitrogens with zero attached hydrogens (tertiary/aromatic N) is 5. The Bertz CT molecular complexity index is 2730. The average Bonchev–Trinajstić information content (AvgIpc) is 3.70. The van der Waals surface area contributed by atoms with Crippen molar-refractivity contribution in [1.29, 1.82) is 10.5 Å². The van der Waals surface area contributed by atoms with E-state index in [0.717, 1.165) is 66.7 Å². The quantitative estimate of drug-likeness (QED) is 0.184. The van der Waals surface area contributed by atoms with Gasteiger partial charge in [0.15, 0.2) is 0 Å². The van der Waals surface area contributed by atoms with Crippen molar-refractivity contribution < 1.29 is 0 Å². The normalized spacial score (nSPS) is 11.2. The van der Waals surface area contributed by atoms with Crippen molar-refractivity contribution in [1.82, 2.24) is 4.40 Å². The van der Waals surface area contributed by atoms with E-state index in [9.17, 15) is 10.5 Å². The summed E-state index contributed by atoms with van der Waals surface area (Å²) in [5.41, 5.74) is 10.7. The van der Waals surface area contributed by atoms with Gasteiger partial charge in [-0.2, -0.15) is 10.5 Å². The van der Waals surface area contributed by atoms with Gasteiger partial charge in [-0.15, -0.1) is 0 Å². The third-order valence-electron chi connectivity index (χ3n) is 9.32. The Morgan fingerprint density at radius 2 is 0.878 bits per heavy atom. The molecule has 0 saturated carbocycles. The molecule has 5 nitrogen and oxygen atoms in total. The minimum Gasteiger partial charge on any atom is -0.310 e. The first-order valence-electron chi connectivity index (χ1n) is 16.2. The Labute approximate surface area is 283 Å². The monoisotopic (exact) mass is 625 g/mol. The predicted octanol–water partition coefficient (Wildman–Crippen LogP) is 11.5. The zero-order valence-electron chi connectivity index (χ0n) is 26.3. The minimum absolute atomic E-state index is 0.614. The predicted molar refractivity (Wildman–Crippen MR) is 200 cm³/mol. The highest BCUT2D eigenvalue weighted by molar-refractivity contribution is 6.28. The average molecular weight is 626 g/mol. The van der Waals surface area contributed by atoms with Crippen molar-refractivity contribution in [2.45, 2.75) is 0 Å². The fourth-order valence-corrected chi connectivity index (χ4v) is 7.32. The summed E-state index contributed by atoms with van der Waals surface area (Å²) in [5.74, 6) is 0. The van der Waals surface area contributed by atoms with Crippen LogP contribution in [0.2, 0.25) is 0 Å². The standard InChI is InChI=1S/C44H27N5/c45-28-30-23-25-34(26-24-30)47(32-12-3-1-4-13-32)38-19-9-21-40-42(38)36-17-8-18-37-43-39(20-10-22-41(43)49(40)44(36)37)48(33-14-5-2-6-15-33)35-16-7-11-31(27-35)29-46/h1-27H. The van der Waals surface area contributed by atoms with Gasteiger partial charge in [0.25, 0.3) is 0 Å². The number of para-hydroxylation sites is 3. The number of nitriles is 2. The van der Waals surface area contributed by atoms with Crippen molar-refractivity contribution in [2.75, 3.05) is 9.80 Å². The highest BCUT2D eigenvalue weighted by Gasteiger charge is 2.25. The van der Waals surface area contributed by atoms with E-state index in [-0.39, 0.29) is 0 Å². The highest BCUT2D eigenvalue weighted by atomic mass is 15.2. The number of hydrogen-bond donors (Lipinski definition) is 0. The Hall–Kier alpha value is -7.08. The molecule has 2 aromatic heterocycles. The number of benzene rings is 7. The zero-order valence-corrected chi connectivity index (χ0v) is 26.3. The molecule has 9 aromatic rings. The summed E-state index contributed by atoms with van der Waals surface area (Å²) in [6, 6.07) is 60.5. The number of aromatic nitrogens is 1. The molecule has 0 spiro atoms. The summed E-state index contributed by atoms with van der Waals surface area (Å²) < 4.78 is 2.40. The van der Waals surface area contributed by atoms with Gasteiger partial charge in [-0.05, 0) is 91.0 Å². The van der Waals surface area contributed by atoms with Gasteiger partial charge in [0, 0.05) is 44.3 Å². The molecule has 5 heteroatoms. The van der Waals surface area contributed by atoms with Gasteiger partial charge in [-0.1, -0.05) is 72.8 Å². The molecule has 0 amide bonds. The second-order valence-electron chi connectivity index (χ2n) is 12.0. The topological polar surface area (TPSA) is 58.5 Å². The van der Waals surface area contributed by atoms with Crippen molar-refractivity contribution in [2.24, 2.45) is 0 Å². The molecular weight excluding hydrogens is 599 g/mol. The number of rotatable bonds is 6. The zero-order chi connectivity index (χ0) is 32.9. The second kappa shape index (κ2) is 11.3. The van der Waals surface area contributed by atoms with Crippen LogP contribution in [-0.2, 0) is 0 Å². The summed E-state index contributed by atoms with van der Waals surface area (Å²) in [7, 11) is 0. The van der Waals surface area contributed by atoms with E-state index in [1.165, 1.54) is 5.52 Å². The van der Waals surface area contributed by atoms with Gasteiger partial charge in [0.2, 0.25) is 0 Å². The Morgan fingerprint density at radius 1 is 0.408 bits per heavy atom. The molecule has 0 saturated heterocycles. The summed E-state index contributed by atoms with van der Waals surface area (Å²) in [6.07, 6.45) is 0. The Balaban J connectivity index is 1.35. The van der Waals surface area contributed by atoms with Gasteiger partial charge in [-0.3, -0.25) is 0 Å². The van der Waals surface area contributed by atoms with Crippen LogP contribution in [0, 0.1) is 22.7 Å². The van der Waals surface area contributed by atoms with Crippen molar-refractivity contribution in [3.8, 4) is 12.1 Å². The molecule has 7 aromatic carbocycles. The van der Waals surface area contributed by atoms with E-state index in [4.69, 9.17) is 0 Å². The molecule has 228 valence electrons. The lowest BCUT2D eigenvalue weighted by Crippen LogP contribution is -2.10.